The van der Waals surface area contributed by atoms with Crippen molar-refractivity contribution < 1.29 is 35.4 Å². The molecule has 4 aromatic heterocycles. The number of anilines is 4. The van der Waals surface area contributed by atoms with Crippen molar-refractivity contribution in [3.63, 3.8) is 0 Å². The standard InChI is InChI=1S/C23H29N5O4S.C18H22ClN5O3S.3H2/c1-15-13-23(2,3)28(14-15)21-16(9-10-17(26-21)18-7-4-5-12-32-18)22(29)27-33(30,31)19-8-6-11-25-20(19)24;1-11-9-18(2,3)24(10-11)16-12(6-7-14(19)22-16)17(25)23-28(26,27)13-5-4-8-21-15(13)20;;;/h6-11,15H,4-5,12-14H2,1-3H3,(H2,24,25)(H,27,29);4-8,11H,9-10H2,1-3H3,(H2,20,21)(H,23,25);3*1H/t15-;11-;;;/m00.../s1. The second-order valence-electron chi connectivity index (χ2n) is 16.7. The summed E-state index contributed by atoms with van der Waals surface area (Å²) in [6.07, 6.45) is 8.41. The van der Waals surface area contributed by atoms with Crippen LogP contribution in [0, 0.1) is 11.8 Å². The van der Waals surface area contributed by atoms with E-state index in [2.05, 4.69) is 57.0 Å². The fraction of sp³-hybridized carbons (Fsp3) is 0.415. The van der Waals surface area contributed by atoms with Gasteiger partial charge in [0.1, 0.15) is 49.7 Å². The van der Waals surface area contributed by atoms with Gasteiger partial charge in [-0.1, -0.05) is 25.4 Å². The van der Waals surface area contributed by atoms with E-state index < -0.39 is 31.9 Å². The van der Waals surface area contributed by atoms with Gasteiger partial charge in [-0.3, -0.25) is 9.59 Å². The van der Waals surface area contributed by atoms with Crippen LogP contribution in [0.3, 0.4) is 0 Å². The molecule has 20 heteroatoms. The van der Waals surface area contributed by atoms with Gasteiger partial charge in [0.05, 0.1) is 17.7 Å². The lowest BCUT2D eigenvalue weighted by molar-refractivity contribution is 0.0972. The summed E-state index contributed by atoms with van der Waals surface area (Å²) < 4.78 is 60.9. The first kappa shape index (κ1) is 45.0. The number of sulfonamides is 2. The maximum absolute atomic E-state index is 13.2. The van der Waals surface area contributed by atoms with Crippen LogP contribution in [0.25, 0.3) is 5.76 Å². The van der Waals surface area contributed by atoms with E-state index in [4.69, 9.17) is 32.8 Å². The number of nitrogens with one attached hydrogen (secondary N) is 2. The van der Waals surface area contributed by atoms with E-state index >= 15 is 0 Å². The fourth-order valence-corrected chi connectivity index (χ4v) is 10.4. The zero-order chi connectivity index (χ0) is 44.5. The number of allylic oxidation sites excluding steroid dienone is 1. The molecule has 0 unspecified atom stereocenters. The van der Waals surface area contributed by atoms with Crippen LogP contribution in [0.4, 0.5) is 23.3 Å². The van der Waals surface area contributed by atoms with E-state index in [-0.39, 0.29) is 53.1 Å². The molecule has 61 heavy (non-hydrogen) atoms. The summed E-state index contributed by atoms with van der Waals surface area (Å²) in [4.78, 5) is 46.3. The molecule has 332 valence electrons. The van der Waals surface area contributed by atoms with Crippen molar-refractivity contribution in [1.29, 1.82) is 0 Å². The Kier molecular flexibility index (Phi) is 12.9. The quantitative estimate of drug-likeness (QED) is 0.138. The molecule has 0 saturated carbocycles. The zero-order valence-electron chi connectivity index (χ0n) is 34.8. The molecule has 7 rings (SSSR count). The summed E-state index contributed by atoms with van der Waals surface area (Å²) in [6, 6.07) is 11.7. The normalized spacial score (nSPS) is 19.6. The Morgan fingerprint density at radius 1 is 0.770 bits per heavy atom. The summed E-state index contributed by atoms with van der Waals surface area (Å²) >= 11 is 6.07. The number of nitrogen functional groups attached to an aromatic ring is 2. The fourth-order valence-electron chi connectivity index (χ4n) is 8.16. The summed E-state index contributed by atoms with van der Waals surface area (Å²) in [6.45, 7) is 14.5. The minimum absolute atomic E-state index is 0. The monoisotopic (exact) mass is 900 g/mol. The van der Waals surface area contributed by atoms with Crippen LogP contribution in [0.5, 0.6) is 0 Å². The summed E-state index contributed by atoms with van der Waals surface area (Å²) in [5.41, 5.74) is 11.8. The molecule has 0 radical (unpaired) electrons. The van der Waals surface area contributed by atoms with Gasteiger partial charge in [0.25, 0.3) is 31.9 Å². The summed E-state index contributed by atoms with van der Waals surface area (Å²) in [5.74, 6) is 0.303. The summed E-state index contributed by atoms with van der Waals surface area (Å²) in [5, 5.41) is 0.223. The van der Waals surface area contributed by atoms with Gasteiger partial charge >= 0.3 is 0 Å². The predicted octanol–water partition coefficient (Wildman–Crippen LogP) is 6.15. The maximum atomic E-state index is 13.2. The number of rotatable bonds is 9. The minimum atomic E-state index is -4.22. The molecular weight excluding hydrogens is 844 g/mol. The van der Waals surface area contributed by atoms with Crippen LogP contribution in [-0.2, 0) is 24.8 Å². The van der Waals surface area contributed by atoms with Crippen molar-refractivity contribution in [2.75, 3.05) is 41.0 Å². The Morgan fingerprint density at radius 3 is 1.67 bits per heavy atom. The highest BCUT2D eigenvalue weighted by Gasteiger charge is 2.41. The third kappa shape index (κ3) is 10.00. The number of pyridine rings is 4. The van der Waals surface area contributed by atoms with Gasteiger partial charge in [-0.15, -0.1) is 0 Å². The highest BCUT2D eigenvalue weighted by Crippen LogP contribution is 2.39. The Hall–Kier alpha value is -5.53. The van der Waals surface area contributed by atoms with Crippen LogP contribution >= 0.6 is 11.6 Å². The van der Waals surface area contributed by atoms with E-state index in [1.54, 1.807) is 12.1 Å². The number of nitrogens with zero attached hydrogens (tertiary/aromatic N) is 6. The number of hydrogen-bond acceptors (Lipinski definition) is 15. The first-order chi connectivity index (χ1) is 28.6. The zero-order valence-corrected chi connectivity index (χ0v) is 37.2. The number of hydrogen-bond donors (Lipinski definition) is 4. The average Bonchev–Trinajstić information content (AvgIpc) is 3.64. The van der Waals surface area contributed by atoms with Crippen molar-refractivity contribution in [2.24, 2.45) is 11.8 Å². The lowest BCUT2D eigenvalue weighted by Crippen LogP contribution is -2.41. The van der Waals surface area contributed by atoms with Gasteiger partial charge in [0.2, 0.25) is 0 Å². The van der Waals surface area contributed by atoms with Gasteiger partial charge in [-0.05, 0) is 120 Å². The topological polar surface area (TPSA) is 246 Å². The molecule has 0 aromatic carbocycles. The van der Waals surface area contributed by atoms with Crippen LogP contribution in [0.15, 0.2) is 76.8 Å². The smallest absolute Gasteiger partial charge is 0.268 e. The van der Waals surface area contributed by atoms with Crippen LogP contribution in [0.1, 0.15) is 97.9 Å². The molecule has 6 N–H and O–H groups in total. The predicted molar refractivity (Wildman–Crippen MR) is 240 cm³/mol. The first-order valence-electron chi connectivity index (χ1n) is 19.7. The molecule has 2 saturated heterocycles. The third-order valence-electron chi connectivity index (χ3n) is 10.7. The minimum Gasteiger partial charge on any atom is -0.492 e. The van der Waals surface area contributed by atoms with Crippen LogP contribution < -0.4 is 30.7 Å². The second-order valence-corrected chi connectivity index (χ2v) is 20.4. The molecular formula is C41H57ClN10O7S2. The van der Waals surface area contributed by atoms with Crippen molar-refractivity contribution in [2.45, 2.75) is 88.1 Å². The number of aromatic nitrogens is 4. The van der Waals surface area contributed by atoms with Gasteiger partial charge in [0.15, 0.2) is 0 Å². The van der Waals surface area contributed by atoms with Crippen molar-refractivity contribution in [1.82, 2.24) is 29.4 Å². The van der Waals surface area contributed by atoms with Gasteiger partial charge in [0, 0.05) is 40.8 Å². The van der Waals surface area contributed by atoms with Gasteiger partial charge in [-0.2, -0.15) is 0 Å². The molecule has 0 bridgehead atoms. The largest absolute Gasteiger partial charge is 0.492 e. The molecule has 0 spiro atoms. The molecule has 3 aliphatic rings. The Balaban J connectivity index is 0.000000329. The third-order valence-corrected chi connectivity index (χ3v) is 13.7. The SMILES string of the molecule is C[C@@H]1CN(c2nc(C3=CCCCO3)ccc2C(=O)NS(=O)(=O)c2cccnc2N)C(C)(C)C1.C[C@@H]1CN(c2nc(Cl)ccc2C(=O)NS(=O)(=O)c2cccnc2N)C(C)(C)C1.[HH].[HH].[HH]. The summed E-state index contributed by atoms with van der Waals surface area (Å²) in [7, 11) is -8.41. The molecule has 3 aliphatic heterocycles. The highest BCUT2D eigenvalue weighted by molar-refractivity contribution is 7.90. The second kappa shape index (κ2) is 17.4. The number of carbonyl (C=O) groups excluding carboxylic acids is 2. The molecule has 7 heterocycles. The molecule has 2 amide bonds. The first-order valence-corrected chi connectivity index (χ1v) is 23.1. The van der Waals surface area contributed by atoms with E-state index in [1.165, 1.54) is 48.8 Å². The van der Waals surface area contributed by atoms with Gasteiger partial charge in [-0.25, -0.2) is 46.2 Å². The van der Waals surface area contributed by atoms with Crippen LogP contribution in [0.2, 0.25) is 5.15 Å². The molecule has 4 aromatic rings. The van der Waals surface area contributed by atoms with E-state index in [0.29, 0.717) is 54.6 Å². The van der Waals surface area contributed by atoms with E-state index in [9.17, 15) is 26.4 Å². The molecule has 2 fully saturated rings. The number of nitrogens with two attached hydrogens (primary N) is 2. The van der Waals surface area contributed by atoms with E-state index in [0.717, 1.165) is 25.7 Å². The highest BCUT2D eigenvalue weighted by atomic mass is 35.5. The van der Waals surface area contributed by atoms with Gasteiger partial charge < -0.3 is 26.0 Å². The lowest BCUT2D eigenvalue weighted by Gasteiger charge is -2.34. The van der Waals surface area contributed by atoms with Crippen molar-refractivity contribution in [3.8, 4) is 0 Å². The maximum Gasteiger partial charge on any atom is 0.268 e. The van der Waals surface area contributed by atoms with Crippen molar-refractivity contribution >= 4 is 72.5 Å². The number of ether oxygens (including phenoxy) is 1. The van der Waals surface area contributed by atoms with Crippen LogP contribution in [-0.4, -0.2) is 79.4 Å². The Morgan fingerprint density at radius 2 is 1.25 bits per heavy atom. The lowest BCUT2D eigenvalue weighted by atomic mass is 9.97. The number of carbonyl (C=O) groups is 2. The molecule has 17 nitrogen and oxygen atoms in total. The molecule has 2 atom stereocenters. The number of amides is 2. The van der Waals surface area contributed by atoms with Crippen molar-refractivity contribution in [3.05, 3.63) is 89.0 Å². The van der Waals surface area contributed by atoms with E-state index in [1.807, 2.05) is 24.8 Å². The molecule has 0 aliphatic carbocycles. The average molecular weight is 902 g/mol. The number of halogens is 1. The Labute approximate surface area is 365 Å². The Bertz CT molecular complexity index is 2610.